The Morgan fingerprint density at radius 1 is 1.08 bits per heavy atom. The summed E-state index contributed by atoms with van der Waals surface area (Å²) in [5, 5.41) is 7.23. The lowest BCUT2D eigenvalue weighted by atomic mass is 9.75. The molecule has 0 unspecified atom stereocenters. The molecule has 1 N–H and O–H groups in total. The van der Waals surface area contributed by atoms with Gasteiger partial charge in [0.15, 0.2) is 0 Å². The Balaban J connectivity index is 1.28. The van der Waals surface area contributed by atoms with E-state index < -0.39 is 0 Å². The first-order valence-electron chi connectivity index (χ1n) is 13.8. The van der Waals surface area contributed by atoms with Gasteiger partial charge in [0.25, 0.3) is 5.91 Å². The van der Waals surface area contributed by atoms with Gasteiger partial charge < -0.3 is 19.9 Å². The number of rotatable bonds is 4. The molecule has 4 heterocycles. The number of nitrogens with zero attached hydrogens (tertiary/aromatic N) is 6. The minimum Gasteiger partial charge on any atom is -0.492 e. The zero-order chi connectivity index (χ0) is 27.1. The maximum Gasteiger partial charge on any atom is 0.255 e. The van der Waals surface area contributed by atoms with E-state index in [0.29, 0.717) is 56.9 Å². The predicted octanol–water partition coefficient (Wildman–Crippen LogP) is 2.86. The second-order valence-electron chi connectivity index (χ2n) is 10.6. The lowest BCUT2D eigenvalue weighted by Crippen LogP contribution is -2.46. The number of piperidine rings is 1. The Morgan fingerprint density at radius 3 is 2.69 bits per heavy atom. The van der Waals surface area contributed by atoms with Gasteiger partial charge in [-0.05, 0) is 49.8 Å². The van der Waals surface area contributed by atoms with E-state index in [1.165, 1.54) is 0 Å². The molecular weight excluding hydrogens is 494 g/mol. The molecule has 39 heavy (non-hydrogen) atoms. The Hall–Kier alpha value is -3.95. The summed E-state index contributed by atoms with van der Waals surface area (Å²) in [7, 11) is 1.89. The molecule has 2 aromatic heterocycles. The molecule has 0 bridgehead atoms. The topological polar surface area (TPSA) is 105 Å². The monoisotopic (exact) mass is 531 g/mol. The zero-order valence-electron chi connectivity index (χ0n) is 22.6. The SMILES string of the molecule is Cn1cc(CCC(=O)N2CCC3(CCCN(c4cnccn4)CCNC(=O)c4ccccc4OC3)CC2)cn1. The fourth-order valence-corrected chi connectivity index (χ4v) is 5.56. The Kier molecular flexibility index (Phi) is 8.39. The normalized spacial score (nSPS) is 18.2. The maximum absolute atomic E-state index is 13.0. The van der Waals surface area contributed by atoms with Crippen molar-refractivity contribution in [1.29, 1.82) is 0 Å². The number of benzene rings is 1. The third-order valence-corrected chi connectivity index (χ3v) is 7.90. The number of ether oxygens (including phenoxy) is 1. The molecule has 1 spiro atoms. The van der Waals surface area contributed by atoms with E-state index >= 15 is 0 Å². The summed E-state index contributed by atoms with van der Waals surface area (Å²) in [6.07, 6.45) is 13.8. The van der Waals surface area contributed by atoms with Crippen LogP contribution in [0, 0.1) is 5.41 Å². The van der Waals surface area contributed by atoms with Crippen LogP contribution in [0.25, 0.3) is 0 Å². The van der Waals surface area contributed by atoms with Gasteiger partial charge in [-0.3, -0.25) is 19.3 Å². The van der Waals surface area contributed by atoms with Gasteiger partial charge in [-0.25, -0.2) is 4.98 Å². The third-order valence-electron chi connectivity index (χ3n) is 7.90. The molecule has 2 amide bonds. The summed E-state index contributed by atoms with van der Waals surface area (Å²) in [5.41, 5.74) is 1.55. The van der Waals surface area contributed by atoms with E-state index in [0.717, 1.165) is 43.6 Å². The minimum atomic E-state index is -0.146. The first-order valence-corrected chi connectivity index (χ1v) is 13.8. The molecule has 10 nitrogen and oxygen atoms in total. The van der Waals surface area contributed by atoms with E-state index in [1.807, 2.05) is 42.5 Å². The van der Waals surface area contributed by atoms with E-state index in [9.17, 15) is 9.59 Å². The molecule has 0 radical (unpaired) electrons. The number of hydrogen-bond acceptors (Lipinski definition) is 7. The average molecular weight is 532 g/mol. The van der Waals surface area contributed by atoms with Crippen molar-refractivity contribution in [2.24, 2.45) is 12.5 Å². The summed E-state index contributed by atoms with van der Waals surface area (Å²) in [6.45, 7) is 3.87. The van der Waals surface area contributed by atoms with Gasteiger partial charge in [0.05, 0.1) is 24.6 Å². The number of carbonyl (C=O) groups excluding carboxylic acids is 2. The average Bonchev–Trinajstić information content (AvgIpc) is 3.39. The molecule has 10 heteroatoms. The highest BCUT2D eigenvalue weighted by atomic mass is 16.5. The first kappa shape index (κ1) is 26.6. The number of anilines is 1. The smallest absolute Gasteiger partial charge is 0.255 e. The van der Waals surface area contributed by atoms with Gasteiger partial charge in [-0.15, -0.1) is 0 Å². The van der Waals surface area contributed by atoms with Crippen molar-refractivity contribution >= 4 is 17.6 Å². The van der Waals surface area contributed by atoms with Crippen molar-refractivity contribution < 1.29 is 14.3 Å². The van der Waals surface area contributed by atoms with Crippen molar-refractivity contribution in [2.45, 2.75) is 38.5 Å². The second kappa shape index (κ2) is 12.3. The quantitative estimate of drug-likeness (QED) is 0.552. The fourth-order valence-electron chi connectivity index (χ4n) is 5.56. The van der Waals surface area contributed by atoms with Gasteiger partial charge in [0.1, 0.15) is 11.6 Å². The maximum atomic E-state index is 13.0. The number of hydrogen-bond donors (Lipinski definition) is 1. The van der Waals surface area contributed by atoms with Crippen LogP contribution in [0.3, 0.4) is 0 Å². The van der Waals surface area contributed by atoms with Gasteiger partial charge in [-0.2, -0.15) is 5.10 Å². The summed E-state index contributed by atoms with van der Waals surface area (Å²) >= 11 is 0. The molecule has 0 aliphatic carbocycles. The predicted molar refractivity (Wildman–Crippen MR) is 148 cm³/mol. The highest BCUT2D eigenvalue weighted by Gasteiger charge is 2.37. The lowest BCUT2D eigenvalue weighted by Gasteiger charge is -2.42. The summed E-state index contributed by atoms with van der Waals surface area (Å²) in [6, 6.07) is 7.43. The van der Waals surface area contributed by atoms with Crippen LogP contribution < -0.4 is 15.0 Å². The molecule has 0 atom stereocenters. The van der Waals surface area contributed by atoms with Gasteiger partial charge in [0, 0.05) is 70.2 Å². The number of amides is 2. The van der Waals surface area contributed by atoms with Crippen LogP contribution in [0.4, 0.5) is 5.82 Å². The number of aryl methyl sites for hydroxylation is 2. The van der Waals surface area contributed by atoms with Crippen molar-refractivity contribution in [1.82, 2.24) is 30.0 Å². The number of likely N-dealkylation sites (tertiary alicyclic amines) is 1. The Morgan fingerprint density at radius 2 is 1.92 bits per heavy atom. The van der Waals surface area contributed by atoms with Crippen LogP contribution >= 0.6 is 0 Å². The molecule has 3 aromatic rings. The minimum absolute atomic E-state index is 0.0776. The highest BCUT2D eigenvalue weighted by molar-refractivity contribution is 5.96. The molecule has 1 saturated heterocycles. The number of nitrogens with one attached hydrogen (secondary N) is 1. The second-order valence-corrected chi connectivity index (χ2v) is 10.6. The molecule has 0 saturated carbocycles. The molecule has 5 rings (SSSR count). The first-order chi connectivity index (χ1) is 19.0. The van der Waals surface area contributed by atoms with Crippen molar-refractivity contribution in [2.75, 3.05) is 44.2 Å². The number of aromatic nitrogens is 4. The van der Waals surface area contributed by atoms with Crippen molar-refractivity contribution in [3.63, 3.8) is 0 Å². The van der Waals surface area contributed by atoms with Crippen LogP contribution in [0.15, 0.2) is 55.2 Å². The van der Waals surface area contributed by atoms with Gasteiger partial charge in [-0.1, -0.05) is 12.1 Å². The fraction of sp³-hybridized carbons (Fsp3) is 0.483. The van der Waals surface area contributed by atoms with Gasteiger partial charge in [0.2, 0.25) is 5.91 Å². The van der Waals surface area contributed by atoms with E-state index in [1.54, 1.807) is 29.3 Å². The number of carbonyl (C=O) groups is 2. The molecule has 1 fully saturated rings. The largest absolute Gasteiger partial charge is 0.492 e. The van der Waals surface area contributed by atoms with E-state index in [4.69, 9.17) is 4.74 Å². The van der Waals surface area contributed by atoms with Crippen LogP contribution in [0.2, 0.25) is 0 Å². The summed E-state index contributed by atoms with van der Waals surface area (Å²) < 4.78 is 8.14. The van der Waals surface area contributed by atoms with Crippen molar-refractivity contribution in [3.8, 4) is 5.75 Å². The van der Waals surface area contributed by atoms with Crippen LogP contribution in [0.1, 0.15) is 48.0 Å². The molecule has 2 aliphatic rings. The molecule has 2 aliphatic heterocycles. The third kappa shape index (κ3) is 6.74. The highest BCUT2D eigenvalue weighted by Crippen LogP contribution is 2.38. The molecule has 206 valence electrons. The summed E-state index contributed by atoms with van der Waals surface area (Å²) in [5.74, 6) is 1.46. The Labute approximate surface area is 229 Å². The van der Waals surface area contributed by atoms with Crippen molar-refractivity contribution in [3.05, 3.63) is 66.4 Å². The van der Waals surface area contributed by atoms with E-state index in [2.05, 4.69) is 25.3 Å². The van der Waals surface area contributed by atoms with Crippen LogP contribution in [-0.2, 0) is 18.3 Å². The standard InChI is InChI=1S/C29H37N7O3/c1-34-21-23(19-33-34)7-8-27(37)36-16-10-29(11-17-36)9-4-15-35(26-20-30-12-13-31-26)18-14-32-28(38)24-5-2-3-6-25(24)39-22-29/h2-3,5-6,12-13,19-21H,4,7-11,14-18,22H2,1H3,(H,32,38). The number of para-hydroxylation sites is 1. The van der Waals surface area contributed by atoms with Crippen LogP contribution in [0.5, 0.6) is 5.75 Å². The molecule has 1 aromatic carbocycles. The molecular formula is C29H37N7O3. The number of fused-ring (bicyclic) bond motifs is 1. The van der Waals surface area contributed by atoms with Gasteiger partial charge >= 0.3 is 0 Å². The lowest BCUT2D eigenvalue weighted by molar-refractivity contribution is -0.134. The zero-order valence-corrected chi connectivity index (χ0v) is 22.6. The Bertz CT molecular complexity index is 1250. The van der Waals surface area contributed by atoms with E-state index in [-0.39, 0.29) is 17.2 Å². The summed E-state index contributed by atoms with van der Waals surface area (Å²) in [4.78, 5) is 38.9. The van der Waals surface area contributed by atoms with Crippen LogP contribution in [-0.4, -0.2) is 75.8 Å².